The summed E-state index contributed by atoms with van der Waals surface area (Å²) >= 11 is 0. The predicted molar refractivity (Wildman–Crippen MR) is 75.6 cm³/mol. The van der Waals surface area contributed by atoms with Gasteiger partial charge in [0.15, 0.2) is 5.78 Å². The Hall–Kier alpha value is -1.59. The molecule has 0 spiro atoms. The van der Waals surface area contributed by atoms with E-state index in [1.807, 2.05) is 13.8 Å². The zero-order valence-electron chi connectivity index (χ0n) is 12.2. The number of carbonyl (C=O) groups is 1. The van der Waals surface area contributed by atoms with Crippen molar-refractivity contribution in [1.29, 1.82) is 0 Å². The van der Waals surface area contributed by atoms with Gasteiger partial charge in [0.1, 0.15) is 18.1 Å². The van der Waals surface area contributed by atoms with Gasteiger partial charge in [-0.2, -0.15) is 0 Å². The van der Waals surface area contributed by atoms with Gasteiger partial charge in [-0.3, -0.25) is 4.79 Å². The van der Waals surface area contributed by atoms with Crippen LogP contribution in [0, 0.1) is 5.92 Å². The molecule has 0 heterocycles. The monoisotopic (exact) mass is 282 g/mol. The number of ether oxygens (including phenoxy) is 3. The van der Waals surface area contributed by atoms with Crippen LogP contribution >= 0.6 is 0 Å². The van der Waals surface area contributed by atoms with E-state index in [1.165, 1.54) is 7.11 Å². The zero-order valence-corrected chi connectivity index (χ0v) is 12.2. The standard InChI is InChI=1S/C15H22O5/c1-11(2)15(17)13-5-4-12(10-14(13)18-3)20-9-8-19-7-6-16/h4-5,10-11,16H,6-9H2,1-3H3. The third-order valence-electron chi connectivity index (χ3n) is 2.69. The van der Waals surface area contributed by atoms with Gasteiger partial charge in [0.25, 0.3) is 0 Å². The van der Waals surface area contributed by atoms with Crippen molar-refractivity contribution in [2.45, 2.75) is 13.8 Å². The Morgan fingerprint density at radius 3 is 2.60 bits per heavy atom. The highest BCUT2D eigenvalue weighted by molar-refractivity contribution is 6.00. The fraction of sp³-hybridized carbons (Fsp3) is 0.533. The summed E-state index contributed by atoms with van der Waals surface area (Å²) in [5, 5.41) is 8.56. The highest BCUT2D eigenvalue weighted by Gasteiger charge is 2.16. The fourth-order valence-corrected chi connectivity index (χ4v) is 1.66. The molecular weight excluding hydrogens is 260 g/mol. The summed E-state index contributed by atoms with van der Waals surface area (Å²) in [4.78, 5) is 12.0. The van der Waals surface area contributed by atoms with Crippen molar-refractivity contribution in [3.8, 4) is 11.5 Å². The Kier molecular flexibility index (Phi) is 7.04. The average Bonchev–Trinajstić information content (AvgIpc) is 2.46. The predicted octanol–water partition coefficient (Wildman–Crippen LogP) is 1.92. The molecule has 0 aliphatic rings. The van der Waals surface area contributed by atoms with Crippen LogP contribution in [0.25, 0.3) is 0 Å². The molecule has 0 aliphatic carbocycles. The number of aliphatic hydroxyl groups is 1. The number of hydrogen-bond acceptors (Lipinski definition) is 5. The first-order valence-electron chi connectivity index (χ1n) is 6.63. The Morgan fingerprint density at radius 1 is 1.25 bits per heavy atom. The minimum atomic E-state index is -0.0810. The van der Waals surface area contributed by atoms with E-state index in [1.54, 1.807) is 18.2 Å². The Morgan fingerprint density at radius 2 is 2.00 bits per heavy atom. The summed E-state index contributed by atoms with van der Waals surface area (Å²) in [6.45, 7) is 4.78. The van der Waals surface area contributed by atoms with E-state index in [0.717, 1.165) is 0 Å². The summed E-state index contributed by atoms with van der Waals surface area (Å²) < 4.78 is 15.8. The molecule has 0 aliphatic heterocycles. The minimum absolute atomic E-state index is 0.000165. The number of benzene rings is 1. The lowest BCUT2D eigenvalue weighted by Gasteiger charge is -2.12. The van der Waals surface area contributed by atoms with Gasteiger partial charge >= 0.3 is 0 Å². The van der Waals surface area contributed by atoms with E-state index in [-0.39, 0.29) is 18.3 Å². The molecule has 0 unspecified atom stereocenters. The van der Waals surface area contributed by atoms with Gasteiger partial charge in [-0.25, -0.2) is 0 Å². The molecule has 1 aromatic rings. The number of methoxy groups -OCH3 is 1. The number of ketones is 1. The fourth-order valence-electron chi connectivity index (χ4n) is 1.66. The van der Waals surface area contributed by atoms with Gasteiger partial charge in [-0.15, -0.1) is 0 Å². The van der Waals surface area contributed by atoms with Crippen molar-refractivity contribution < 1.29 is 24.1 Å². The molecular formula is C15H22O5. The first kappa shape index (κ1) is 16.5. The summed E-state index contributed by atoms with van der Waals surface area (Å²) in [7, 11) is 1.53. The Balaban J connectivity index is 2.65. The van der Waals surface area contributed by atoms with Crippen LogP contribution in [0.15, 0.2) is 18.2 Å². The second kappa shape index (κ2) is 8.55. The summed E-state index contributed by atoms with van der Waals surface area (Å²) in [5.41, 5.74) is 0.561. The number of hydrogen-bond donors (Lipinski definition) is 1. The summed E-state index contributed by atoms with van der Waals surface area (Å²) in [6.07, 6.45) is 0. The van der Waals surface area contributed by atoms with Crippen LogP contribution < -0.4 is 9.47 Å². The van der Waals surface area contributed by atoms with E-state index in [9.17, 15) is 4.79 Å². The molecule has 0 aromatic heterocycles. The van der Waals surface area contributed by atoms with Gasteiger partial charge in [0, 0.05) is 12.0 Å². The molecule has 1 rings (SSSR count). The van der Waals surface area contributed by atoms with Crippen LogP contribution in [0.4, 0.5) is 0 Å². The number of rotatable bonds is 9. The van der Waals surface area contributed by atoms with Gasteiger partial charge in [-0.05, 0) is 12.1 Å². The quantitative estimate of drug-likeness (QED) is 0.554. The third-order valence-corrected chi connectivity index (χ3v) is 2.69. The van der Waals surface area contributed by atoms with E-state index in [0.29, 0.717) is 36.9 Å². The zero-order chi connectivity index (χ0) is 15.0. The second-order valence-corrected chi connectivity index (χ2v) is 4.57. The topological polar surface area (TPSA) is 65.0 Å². The number of Topliss-reactive ketones (excluding diaryl/α,β-unsaturated/α-hetero) is 1. The van der Waals surface area contributed by atoms with Crippen molar-refractivity contribution in [2.24, 2.45) is 5.92 Å². The maximum absolute atomic E-state index is 12.0. The molecule has 0 saturated carbocycles. The molecule has 0 radical (unpaired) electrons. The average molecular weight is 282 g/mol. The van der Waals surface area contributed by atoms with Gasteiger partial charge < -0.3 is 19.3 Å². The van der Waals surface area contributed by atoms with Gasteiger partial charge in [-0.1, -0.05) is 13.8 Å². The van der Waals surface area contributed by atoms with E-state index in [4.69, 9.17) is 19.3 Å². The van der Waals surface area contributed by atoms with Gasteiger partial charge in [0.2, 0.25) is 0 Å². The molecule has 5 nitrogen and oxygen atoms in total. The van der Waals surface area contributed by atoms with Crippen LogP contribution in [0.1, 0.15) is 24.2 Å². The van der Waals surface area contributed by atoms with Crippen LogP contribution in [0.5, 0.6) is 11.5 Å². The van der Waals surface area contributed by atoms with Crippen LogP contribution in [-0.4, -0.2) is 44.4 Å². The second-order valence-electron chi connectivity index (χ2n) is 4.57. The van der Waals surface area contributed by atoms with Crippen molar-refractivity contribution in [3.05, 3.63) is 23.8 Å². The maximum atomic E-state index is 12.0. The molecule has 0 atom stereocenters. The highest BCUT2D eigenvalue weighted by atomic mass is 16.5. The normalized spacial score (nSPS) is 10.7. The molecule has 20 heavy (non-hydrogen) atoms. The van der Waals surface area contributed by atoms with E-state index < -0.39 is 0 Å². The molecule has 1 N–H and O–H groups in total. The maximum Gasteiger partial charge on any atom is 0.169 e. The Labute approximate surface area is 119 Å². The lowest BCUT2D eigenvalue weighted by atomic mass is 10.0. The first-order valence-corrected chi connectivity index (χ1v) is 6.63. The van der Waals surface area contributed by atoms with Crippen molar-refractivity contribution >= 4 is 5.78 Å². The SMILES string of the molecule is COc1cc(OCCOCCO)ccc1C(=O)C(C)C. The molecule has 0 fully saturated rings. The van der Waals surface area contributed by atoms with Crippen LogP contribution in [0.3, 0.4) is 0 Å². The highest BCUT2D eigenvalue weighted by Crippen LogP contribution is 2.26. The number of aliphatic hydroxyl groups excluding tert-OH is 1. The minimum Gasteiger partial charge on any atom is -0.496 e. The molecule has 0 amide bonds. The molecule has 0 saturated heterocycles. The van der Waals surface area contributed by atoms with Crippen molar-refractivity contribution in [2.75, 3.05) is 33.5 Å². The third kappa shape index (κ3) is 4.83. The Bertz CT molecular complexity index is 428. The first-order chi connectivity index (χ1) is 9.60. The van der Waals surface area contributed by atoms with Crippen LogP contribution in [-0.2, 0) is 4.74 Å². The lowest BCUT2D eigenvalue weighted by molar-refractivity contribution is 0.0704. The largest absolute Gasteiger partial charge is 0.496 e. The lowest BCUT2D eigenvalue weighted by Crippen LogP contribution is -2.11. The number of carbonyl (C=O) groups excluding carboxylic acids is 1. The van der Waals surface area contributed by atoms with E-state index in [2.05, 4.69) is 0 Å². The molecule has 112 valence electrons. The molecule has 0 bridgehead atoms. The van der Waals surface area contributed by atoms with Crippen molar-refractivity contribution in [1.82, 2.24) is 0 Å². The molecule has 5 heteroatoms. The van der Waals surface area contributed by atoms with Gasteiger partial charge in [0.05, 0.1) is 32.5 Å². The smallest absolute Gasteiger partial charge is 0.169 e. The van der Waals surface area contributed by atoms with Crippen LogP contribution in [0.2, 0.25) is 0 Å². The summed E-state index contributed by atoms with van der Waals surface area (Å²) in [6, 6.07) is 5.15. The summed E-state index contributed by atoms with van der Waals surface area (Å²) in [5.74, 6) is 1.09. The van der Waals surface area contributed by atoms with E-state index >= 15 is 0 Å². The van der Waals surface area contributed by atoms with Crippen molar-refractivity contribution in [3.63, 3.8) is 0 Å². The molecule has 1 aromatic carbocycles.